The van der Waals surface area contributed by atoms with Gasteiger partial charge in [-0.2, -0.15) is 0 Å². The minimum absolute atomic E-state index is 0.0127. The molecule has 2 aromatic rings. The third-order valence-electron chi connectivity index (χ3n) is 3.35. The van der Waals surface area contributed by atoms with Gasteiger partial charge >= 0.3 is 0 Å². The topological polar surface area (TPSA) is 106 Å². The Hall–Kier alpha value is -2.85. The number of carbonyl (C=O) groups is 1. The highest BCUT2D eigenvalue weighted by Crippen LogP contribution is 2.20. The Balaban J connectivity index is 1.66. The summed E-state index contributed by atoms with van der Waals surface area (Å²) in [5.74, 6) is 0.649. The van der Waals surface area contributed by atoms with Gasteiger partial charge < -0.3 is 10.1 Å². The molecule has 142 valence electrons. The molecule has 0 saturated heterocycles. The van der Waals surface area contributed by atoms with Crippen molar-refractivity contribution in [3.8, 4) is 5.75 Å². The standard InChI is InChI=1S/C17H18N4O4S2/c1-25-14-6-2-12(3-7-14)10-18-17(26)20-19-16(22)11-27-15-8-4-13(5-9-15)21(23)24/h2-9H,10-11H2,1H3,(H,19,22)(H2,18,20,26). The Morgan fingerprint density at radius 3 is 2.41 bits per heavy atom. The number of rotatable bonds is 7. The fourth-order valence-electron chi connectivity index (χ4n) is 1.95. The zero-order valence-corrected chi connectivity index (χ0v) is 16.1. The molecular weight excluding hydrogens is 388 g/mol. The summed E-state index contributed by atoms with van der Waals surface area (Å²) in [5.41, 5.74) is 6.15. The summed E-state index contributed by atoms with van der Waals surface area (Å²) >= 11 is 6.37. The summed E-state index contributed by atoms with van der Waals surface area (Å²) in [6.45, 7) is 0.503. The Labute approximate surface area is 165 Å². The SMILES string of the molecule is COc1ccc(CNC(=S)NNC(=O)CSc2ccc([N+](=O)[O-])cc2)cc1. The van der Waals surface area contributed by atoms with E-state index in [1.54, 1.807) is 19.2 Å². The minimum Gasteiger partial charge on any atom is -0.497 e. The van der Waals surface area contributed by atoms with Crippen LogP contribution in [0.1, 0.15) is 5.56 Å². The van der Waals surface area contributed by atoms with Gasteiger partial charge in [0.25, 0.3) is 5.69 Å². The van der Waals surface area contributed by atoms with Gasteiger partial charge in [0.2, 0.25) is 5.91 Å². The number of methoxy groups -OCH3 is 1. The van der Waals surface area contributed by atoms with Crippen molar-refractivity contribution in [3.63, 3.8) is 0 Å². The van der Waals surface area contributed by atoms with E-state index in [0.717, 1.165) is 16.2 Å². The van der Waals surface area contributed by atoms with Crippen molar-refractivity contribution in [3.05, 3.63) is 64.2 Å². The molecule has 0 aliphatic carbocycles. The van der Waals surface area contributed by atoms with Gasteiger partial charge in [0.1, 0.15) is 5.75 Å². The van der Waals surface area contributed by atoms with E-state index in [9.17, 15) is 14.9 Å². The van der Waals surface area contributed by atoms with Crippen LogP contribution in [0.5, 0.6) is 5.75 Å². The van der Waals surface area contributed by atoms with Gasteiger partial charge in [-0.3, -0.25) is 25.8 Å². The van der Waals surface area contributed by atoms with Gasteiger partial charge in [0.05, 0.1) is 17.8 Å². The lowest BCUT2D eigenvalue weighted by Gasteiger charge is -2.12. The number of thiocarbonyl (C=S) groups is 1. The number of non-ortho nitro benzene ring substituents is 1. The minimum atomic E-state index is -0.467. The number of thioether (sulfide) groups is 1. The van der Waals surface area contributed by atoms with Crippen LogP contribution < -0.4 is 20.9 Å². The van der Waals surface area contributed by atoms with Crippen molar-refractivity contribution < 1.29 is 14.5 Å². The summed E-state index contributed by atoms with van der Waals surface area (Å²) in [6.07, 6.45) is 0. The highest BCUT2D eigenvalue weighted by atomic mass is 32.2. The predicted molar refractivity (Wildman–Crippen MR) is 108 cm³/mol. The average molecular weight is 406 g/mol. The van der Waals surface area contributed by atoms with Crippen LogP contribution in [0.3, 0.4) is 0 Å². The number of hydrogen-bond acceptors (Lipinski definition) is 6. The molecule has 0 aliphatic rings. The highest BCUT2D eigenvalue weighted by Gasteiger charge is 2.07. The fraction of sp³-hybridized carbons (Fsp3) is 0.176. The van der Waals surface area contributed by atoms with Crippen LogP contribution >= 0.6 is 24.0 Å². The summed E-state index contributed by atoms with van der Waals surface area (Å²) in [4.78, 5) is 22.7. The number of amides is 1. The van der Waals surface area contributed by atoms with E-state index in [2.05, 4.69) is 16.2 Å². The molecule has 0 saturated carbocycles. The molecule has 0 radical (unpaired) electrons. The number of hydrogen-bond donors (Lipinski definition) is 3. The summed E-state index contributed by atoms with van der Waals surface area (Å²) in [5, 5.41) is 13.9. The van der Waals surface area contributed by atoms with Crippen molar-refractivity contribution in [1.82, 2.24) is 16.2 Å². The van der Waals surface area contributed by atoms with Gasteiger partial charge in [-0.1, -0.05) is 12.1 Å². The second kappa shape index (κ2) is 10.3. The molecule has 0 unspecified atom stereocenters. The largest absolute Gasteiger partial charge is 0.497 e. The smallest absolute Gasteiger partial charge is 0.269 e. The second-order valence-corrected chi connectivity index (χ2v) is 6.70. The number of benzene rings is 2. The van der Waals surface area contributed by atoms with E-state index in [1.807, 2.05) is 24.3 Å². The van der Waals surface area contributed by atoms with Crippen molar-refractivity contribution in [2.24, 2.45) is 0 Å². The molecule has 1 amide bonds. The van der Waals surface area contributed by atoms with Gasteiger partial charge in [-0.05, 0) is 42.0 Å². The highest BCUT2D eigenvalue weighted by molar-refractivity contribution is 8.00. The molecule has 2 aromatic carbocycles. The molecule has 0 heterocycles. The van der Waals surface area contributed by atoms with Crippen LogP contribution in [0.25, 0.3) is 0 Å². The molecule has 8 nitrogen and oxygen atoms in total. The Kier molecular flexibility index (Phi) is 7.83. The second-order valence-electron chi connectivity index (χ2n) is 5.24. The predicted octanol–water partition coefficient (Wildman–Crippen LogP) is 2.39. The first kappa shape index (κ1) is 20.5. The number of nitro benzene ring substituents is 1. The lowest BCUT2D eigenvalue weighted by atomic mass is 10.2. The number of hydrazine groups is 1. The molecule has 27 heavy (non-hydrogen) atoms. The zero-order chi connectivity index (χ0) is 19.6. The van der Waals surface area contributed by atoms with E-state index in [1.165, 1.54) is 23.9 Å². The van der Waals surface area contributed by atoms with Crippen LogP contribution in [0, 0.1) is 10.1 Å². The van der Waals surface area contributed by atoms with Crippen molar-refractivity contribution >= 4 is 40.7 Å². The summed E-state index contributed by atoms with van der Waals surface area (Å²) in [7, 11) is 1.61. The van der Waals surface area contributed by atoms with E-state index in [-0.39, 0.29) is 17.3 Å². The number of nitrogens with one attached hydrogen (secondary N) is 3. The molecule has 0 aliphatic heterocycles. The maximum absolute atomic E-state index is 11.8. The first-order valence-electron chi connectivity index (χ1n) is 7.81. The maximum Gasteiger partial charge on any atom is 0.269 e. The van der Waals surface area contributed by atoms with Gasteiger partial charge in [0, 0.05) is 23.6 Å². The van der Waals surface area contributed by atoms with Crippen LogP contribution in [-0.2, 0) is 11.3 Å². The van der Waals surface area contributed by atoms with E-state index in [4.69, 9.17) is 17.0 Å². The summed E-state index contributed by atoms with van der Waals surface area (Å²) < 4.78 is 5.09. The fourth-order valence-corrected chi connectivity index (χ4v) is 2.77. The van der Waals surface area contributed by atoms with Crippen LogP contribution in [0.2, 0.25) is 0 Å². The molecule has 0 spiro atoms. The van der Waals surface area contributed by atoms with Crippen LogP contribution in [0.15, 0.2) is 53.4 Å². The van der Waals surface area contributed by atoms with E-state index < -0.39 is 4.92 Å². The Bertz CT molecular complexity index is 798. The molecule has 3 N–H and O–H groups in total. The molecule has 0 fully saturated rings. The van der Waals surface area contributed by atoms with Crippen molar-refractivity contribution in [2.45, 2.75) is 11.4 Å². The zero-order valence-electron chi connectivity index (χ0n) is 14.4. The van der Waals surface area contributed by atoms with Gasteiger partial charge in [-0.25, -0.2) is 0 Å². The first-order valence-corrected chi connectivity index (χ1v) is 9.20. The number of nitrogens with zero attached hydrogens (tertiary/aromatic N) is 1. The Morgan fingerprint density at radius 1 is 1.15 bits per heavy atom. The maximum atomic E-state index is 11.8. The first-order chi connectivity index (χ1) is 13.0. The number of ether oxygens (including phenoxy) is 1. The van der Waals surface area contributed by atoms with Crippen molar-refractivity contribution in [1.29, 1.82) is 0 Å². The molecule has 0 aromatic heterocycles. The molecular formula is C17H18N4O4S2. The van der Waals surface area contributed by atoms with Crippen LogP contribution in [0.4, 0.5) is 5.69 Å². The number of carbonyl (C=O) groups excluding carboxylic acids is 1. The molecule has 2 rings (SSSR count). The monoisotopic (exact) mass is 406 g/mol. The molecule has 0 atom stereocenters. The average Bonchev–Trinajstić information content (AvgIpc) is 2.69. The lowest BCUT2D eigenvalue weighted by Crippen LogP contribution is -2.47. The third kappa shape index (κ3) is 7.12. The summed E-state index contributed by atoms with van der Waals surface area (Å²) in [6, 6.07) is 13.5. The molecule has 0 bridgehead atoms. The quantitative estimate of drug-likeness (QED) is 0.279. The normalized spacial score (nSPS) is 9.96. The van der Waals surface area contributed by atoms with Gasteiger partial charge in [0.15, 0.2) is 5.11 Å². The van der Waals surface area contributed by atoms with E-state index in [0.29, 0.717) is 11.7 Å². The van der Waals surface area contributed by atoms with E-state index >= 15 is 0 Å². The molecule has 10 heteroatoms. The number of nitro groups is 1. The Morgan fingerprint density at radius 2 is 1.81 bits per heavy atom. The van der Waals surface area contributed by atoms with Gasteiger partial charge in [-0.15, -0.1) is 11.8 Å². The van der Waals surface area contributed by atoms with Crippen LogP contribution in [-0.4, -0.2) is 28.8 Å². The van der Waals surface area contributed by atoms with Crippen molar-refractivity contribution in [2.75, 3.05) is 12.9 Å². The lowest BCUT2D eigenvalue weighted by molar-refractivity contribution is -0.384. The third-order valence-corrected chi connectivity index (χ3v) is 4.60.